The van der Waals surface area contributed by atoms with E-state index in [1.165, 1.54) is 0 Å². The first-order valence-corrected chi connectivity index (χ1v) is 10.4. The van der Waals surface area contributed by atoms with E-state index < -0.39 is 0 Å². The Morgan fingerprint density at radius 2 is 1.76 bits per heavy atom. The summed E-state index contributed by atoms with van der Waals surface area (Å²) in [6.07, 6.45) is 3.67. The second-order valence-corrected chi connectivity index (χ2v) is 7.30. The van der Waals surface area contributed by atoms with Crippen LogP contribution in [0.4, 0.5) is 10.5 Å². The van der Waals surface area contributed by atoms with Gasteiger partial charge in [0.05, 0.1) is 24.7 Å². The van der Waals surface area contributed by atoms with Crippen molar-refractivity contribution in [3.8, 4) is 28.8 Å². The summed E-state index contributed by atoms with van der Waals surface area (Å²) >= 11 is 0. The average Bonchev–Trinajstić information content (AvgIpc) is 3.31. The van der Waals surface area contributed by atoms with Gasteiger partial charge in [-0.05, 0) is 49.4 Å². The highest BCUT2D eigenvalue weighted by Crippen LogP contribution is 2.22. The summed E-state index contributed by atoms with van der Waals surface area (Å²) in [4.78, 5) is 20.8. The largest absolute Gasteiger partial charge is 0.497 e. The number of benzene rings is 2. The second kappa shape index (κ2) is 10.3. The molecule has 0 saturated heterocycles. The first-order chi connectivity index (χ1) is 16.1. The molecule has 0 fully saturated rings. The maximum atomic E-state index is 12.2. The number of amides is 2. The number of carbonyl (C=O) groups is 1. The number of methoxy groups -OCH3 is 1. The Labute approximate surface area is 191 Å². The zero-order valence-corrected chi connectivity index (χ0v) is 18.4. The lowest BCUT2D eigenvalue weighted by molar-refractivity contribution is 0.252. The molecule has 8 heteroatoms. The minimum absolute atomic E-state index is 0.331. The zero-order chi connectivity index (χ0) is 23.0. The van der Waals surface area contributed by atoms with Crippen molar-refractivity contribution < 1.29 is 18.7 Å². The van der Waals surface area contributed by atoms with Crippen LogP contribution in [-0.4, -0.2) is 29.7 Å². The number of oxazole rings is 1. The third-order valence-electron chi connectivity index (χ3n) is 4.79. The first kappa shape index (κ1) is 21.9. The van der Waals surface area contributed by atoms with E-state index in [9.17, 15) is 4.79 Å². The van der Waals surface area contributed by atoms with Crippen LogP contribution in [-0.2, 0) is 6.42 Å². The number of aromatic nitrogens is 2. The quantitative estimate of drug-likeness (QED) is 0.387. The summed E-state index contributed by atoms with van der Waals surface area (Å²) in [7, 11) is 1.62. The molecule has 4 aromatic rings. The van der Waals surface area contributed by atoms with Crippen LogP contribution in [0.15, 0.2) is 77.5 Å². The van der Waals surface area contributed by atoms with Gasteiger partial charge in [0.2, 0.25) is 11.8 Å². The number of nitrogens with one attached hydrogen (secondary N) is 2. The van der Waals surface area contributed by atoms with Gasteiger partial charge in [-0.15, -0.1) is 0 Å². The molecule has 8 nitrogen and oxygen atoms in total. The third kappa shape index (κ3) is 6.10. The van der Waals surface area contributed by atoms with Gasteiger partial charge in [0, 0.05) is 24.6 Å². The molecule has 0 atom stereocenters. The smallest absolute Gasteiger partial charge is 0.319 e. The highest BCUT2D eigenvalue weighted by atomic mass is 16.5. The predicted octanol–water partition coefficient (Wildman–Crippen LogP) is 5.21. The SMILES string of the molecule is COc1ccc(-c2nc(CCNC(=O)Nc3ccc(Oc4ccc(C)cc4)nc3)co2)cc1. The zero-order valence-electron chi connectivity index (χ0n) is 18.4. The van der Waals surface area contributed by atoms with E-state index in [0.29, 0.717) is 36.2 Å². The van der Waals surface area contributed by atoms with Crippen LogP contribution in [0.5, 0.6) is 17.4 Å². The van der Waals surface area contributed by atoms with Crippen molar-refractivity contribution in [1.29, 1.82) is 0 Å². The molecular weight excluding hydrogens is 420 g/mol. The molecule has 0 saturated carbocycles. The number of urea groups is 1. The second-order valence-electron chi connectivity index (χ2n) is 7.30. The fourth-order valence-corrected chi connectivity index (χ4v) is 3.01. The van der Waals surface area contributed by atoms with Crippen molar-refractivity contribution in [2.75, 3.05) is 19.0 Å². The van der Waals surface area contributed by atoms with Crippen molar-refractivity contribution in [3.63, 3.8) is 0 Å². The topological polar surface area (TPSA) is 98.5 Å². The van der Waals surface area contributed by atoms with E-state index >= 15 is 0 Å². The van der Waals surface area contributed by atoms with Crippen LogP contribution >= 0.6 is 0 Å². The van der Waals surface area contributed by atoms with Crippen molar-refractivity contribution in [1.82, 2.24) is 15.3 Å². The molecule has 2 aromatic carbocycles. The van der Waals surface area contributed by atoms with E-state index in [-0.39, 0.29) is 6.03 Å². The molecule has 0 bridgehead atoms. The van der Waals surface area contributed by atoms with E-state index in [1.54, 1.807) is 31.7 Å². The summed E-state index contributed by atoms with van der Waals surface area (Å²) in [6.45, 7) is 2.42. The van der Waals surface area contributed by atoms with Gasteiger partial charge >= 0.3 is 6.03 Å². The van der Waals surface area contributed by atoms with Crippen LogP contribution < -0.4 is 20.1 Å². The van der Waals surface area contributed by atoms with Crippen LogP contribution in [0.2, 0.25) is 0 Å². The number of nitrogens with zero attached hydrogens (tertiary/aromatic N) is 2. The van der Waals surface area contributed by atoms with Crippen molar-refractivity contribution in [2.24, 2.45) is 0 Å². The van der Waals surface area contributed by atoms with Crippen molar-refractivity contribution >= 4 is 11.7 Å². The van der Waals surface area contributed by atoms with Gasteiger partial charge in [0.15, 0.2) is 0 Å². The molecule has 2 N–H and O–H groups in total. The number of pyridine rings is 1. The Morgan fingerprint density at radius 1 is 1.00 bits per heavy atom. The summed E-state index contributed by atoms with van der Waals surface area (Å²) < 4.78 is 16.4. The lowest BCUT2D eigenvalue weighted by Crippen LogP contribution is -2.30. The van der Waals surface area contributed by atoms with E-state index in [0.717, 1.165) is 22.6 Å². The Morgan fingerprint density at radius 3 is 2.45 bits per heavy atom. The van der Waals surface area contributed by atoms with E-state index in [2.05, 4.69) is 20.6 Å². The molecule has 0 spiro atoms. The Bertz CT molecular complexity index is 1190. The summed E-state index contributed by atoms with van der Waals surface area (Å²) in [5, 5.41) is 5.54. The monoisotopic (exact) mass is 444 g/mol. The molecule has 168 valence electrons. The Kier molecular flexibility index (Phi) is 6.84. The van der Waals surface area contributed by atoms with Gasteiger partial charge in [-0.3, -0.25) is 0 Å². The molecule has 0 aliphatic heterocycles. The van der Waals surface area contributed by atoms with Gasteiger partial charge in [-0.2, -0.15) is 0 Å². The highest BCUT2D eigenvalue weighted by molar-refractivity contribution is 5.89. The fraction of sp³-hybridized carbons (Fsp3) is 0.160. The van der Waals surface area contributed by atoms with Gasteiger partial charge in [-0.25, -0.2) is 14.8 Å². The number of carbonyl (C=O) groups excluding carboxylic acids is 1. The third-order valence-corrected chi connectivity index (χ3v) is 4.79. The van der Waals surface area contributed by atoms with Crippen LogP contribution in [0.3, 0.4) is 0 Å². The molecule has 2 aromatic heterocycles. The first-order valence-electron chi connectivity index (χ1n) is 10.4. The van der Waals surface area contributed by atoms with Gasteiger partial charge in [0.25, 0.3) is 0 Å². The number of aryl methyl sites for hydroxylation is 1. The molecule has 33 heavy (non-hydrogen) atoms. The standard InChI is InChI=1S/C25H24N4O4/c1-17-3-8-22(9-4-17)33-23-12-7-19(15-27-23)29-25(30)26-14-13-20-16-32-24(28-20)18-5-10-21(31-2)11-6-18/h3-12,15-16H,13-14H2,1-2H3,(H2,26,29,30). The van der Waals surface area contributed by atoms with Gasteiger partial charge in [-0.1, -0.05) is 17.7 Å². The predicted molar refractivity (Wildman–Crippen MR) is 125 cm³/mol. The van der Waals surface area contributed by atoms with E-state index in [4.69, 9.17) is 13.9 Å². The summed E-state index contributed by atoms with van der Waals surface area (Å²) in [6, 6.07) is 18.3. The van der Waals surface area contributed by atoms with Crippen LogP contribution in [0, 0.1) is 6.92 Å². The molecule has 0 unspecified atom stereocenters. The molecule has 4 rings (SSSR count). The molecule has 0 radical (unpaired) electrons. The number of anilines is 1. The van der Waals surface area contributed by atoms with Crippen molar-refractivity contribution in [2.45, 2.75) is 13.3 Å². The maximum Gasteiger partial charge on any atom is 0.319 e. The highest BCUT2D eigenvalue weighted by Gasteiger charge is 2.08. The summed E-state index contributed by atoms with van der Waals surface area (Å²) in [5.41, 5.74) is 3.32. The fourth-order valence-electron chi connectivity index (χ4n) is 3.01. The summed E-state index contributed by atoms with van der Waals surface area (Å²) in [5.74, 6) is 2.44. The number of hydrogen-bond donors (Lipinski definition) is 2. The van der Waals surface area contributed by atoms with E-state index in [1.807, 2.05) is 55.5 Å². The minimum Gasteiger partial charge on any atom is -0.497 e. The number of hydrogen-bond acceptors (Lipinski definition) is 6. The van der Waals surface area contributed by atoms with Gasteiger partial charge in [0.1, 0.15) is 17.8 Å². The molecular formula is C25H24N4O4. The average molecular weight is 444 g/mol. The number of rotatable bonds is 8. The lowest BCUT2D eigenvalue weighted by atomic mass is 10.2. The Balaban J connectivity index is 1.22. The van der Waals surface area contributed by atoms with Crippen molar-refractivity contribution in [3.05, 3.63) is 84.4 Å². The Hall–Kier alpha value is -4.33. The number of ether oxygens (including phenoxy) is 2. The maximum absolute atomic E-state index is 12.2. The normalized spacial score (nSPS) is 10.5. The van der Waals surface area contributed by atoms with Crippen LogP contribution in [0.25, 0.3) is 11.5 Å². The lowest BCUT2D eigenvalue weighted by Gasteiger charge is -2.08. The molecule has 2 amide bonds. The van der Waals surface area contributed by atoms with Crippen LogP contribution in [0.1, 0.15) is 11.3 Å². The molecule has 0 aliphatic carbocycles. The minimum atomic E-state index is -0.331. The molecule has 2 heterocycles. The molecule has 0 aliphatic rings. The van der Waals surface area contributed by atoms with Gasteiger partial charge < -0.3 is 24.5 Å².